The van der Waals surface area contributed by atoms with E-state index < -0.39 is 0 Å². The largest absolute Gasteiger partial charge is 0.438 e. The van der Waals surface area contributed by atoms with Crippen molar-refractivity contribution < 1.29 is 9.13 Å². The number of aliphatic imine (C=N–C) groups is 1. The first-order valence-electron chi connectivity index (χ1n) is 6.94. The van der Waals surface area contributed by atoms with E-state index >= 15 is 0 Å². The van der Waals surface area contributed by atoms with Crippen molar-refractivity contribution in [2.75, 3.05) is 0 Å². The molecular formula is C19H14FNO. The third-order valence-electron chi connectivity index (χ3n) is 3.04. The Labute approximate surface area is 128 Å². The lowest BCUT2D eigenvalue weighted by Crippen LogP contribution is -2.10. The van der Waals surface area contributed by atoms with E-state index in [1.54, 1.807) is 12.1 Å². The van der Waals surface area contributed by atoms with Crippen molar-refractivity contribution in [3.8, 4) is 5.75 Å². The number of para-hydroxylation sites is 1. The van der Waals surface area contributed by atoms with Crippen LogP contribution >= 0.6 is 0 Å². The van der Waals surface area contributed by atoms with Crippen molar-refractivity contribution in [1.29, 1.82) is 0 Å². The molecule has 0 bridgehead atoms. The lowest BCUT2D eigenvalue weighted by Gasteiger charge is -2.09. The first kappa shape index (κ1) is 14.0. The molecule has 0 atom stereocenters. The quantitative estimate of drug-likeness (QED) is 0.492. The fraction of sp³-hybridized carbons (Fsp3) is 0. The number of nitrogens with zero attached hydrogens (tertiary/aromatic N) is 1. The van der Waals surface area contributed by atoms with Gasteiger partial charge >= 0.3 is 0 Å². The van der Waals surface area contributed by atoms with Crippen LogP contribution in [0.5, 0.6) is 5.75 Å². The molecule has 0 N–H and O–H groups in total. The van der Waals surface area contributed by atoms with Crippen LogP contribution < -0.4 is 4.74 Å². The van der Waals surface area contributed by atoms with Gasteiger partial charge in [-0.2, -0.15) is 0 Å². The minimum Gasteiger partial charge on any atom is -0.438 e. The predicted octanol–water partition coefficient (Wildman–Crippen LogP) is 4.98. The van der Waals surface area contributed by atoms with Crippen molar-refractivity contribution >= 4 is 11.6 Å². The highest BCUT2D eigenvalue weighted by Crippen LogP contribution is 2.18. The van der Waals surface area contributed by atoms with Crippen molar-refractivity contribution in [3.05, 3.63) is 96.3 Å². The molecule has 0 heterocycles. The van der Waals surface area contributed by atoms with Gasteiger partial charge in [0.15, 0.2) is 0 Å². The second-order valence-electron chi connectivity index (χ2n) is 4.67. The van der Waals surface area contributed by atoms with E-state index in [1.807, 2.05) is 60.7 Å². The molecule has 0 amide bonds. The highest BCUT2D eigenvalue weighted by atomic mass is 19.1. The molecule has 0 spiro atoms. The van der Waals surface area contributed by atoms with Gasteiger partial charge in [0.05, 0.1) is 5.69 Å². The maximum Gasteiger partial charge on any atom is 0.227 e. The van der Waals surface area contributed by atoms with Gasteiger partial charge in [-0.05, 0) is 48.5 Å². The second kappa shape index (κ2) is 6.68. The minimum absolute atomic E-state index is 0.298. The summed E-state index contributed by atoms with van der Waals surface area (Å²) in [6, 6.07) is 25.1. The maximum absolute atomic E-state index is 13.0. The molecule has 0 unspecified atom stereocenters. The van der Waals surface area contributed by atoms with E-state index in [1.165, 1.54) is 12.1 Å². The molecule has 0 aromatic heterocycles. The molecule has 108 valence electrons. The van der Waals surface area contributed by atoms with E-state index in [4.69, 9.17) is 4.74 Å². The molecule has 0 saturated carbocycles. The molecule has 0 aliphatic heterocycles. The number of hydrogen-bond donors (Lipinski definition) is 0. The molecule has 3 rings (SSSR count). The van der Waals surface area contributed by atoms with Crippen LogP contribution in [0.25, 0.3) is 0 Å². The molecule has 0 fully saturated rings. The Hall–Kier alpha value is -2.94. The fourth-order valence-electron chi connectivity index (χ4n) is 1.96. The number of benzene rings is 3. The lowest BCUT2D eigenvalue weighted by molar-refractivity contribution is 0.548. The summed E-state index contributed by atoms with van der Waals surface area (Å²) < 4.78 is 18.9. The first-order chi connectivity index (χ1) is 10.8. The zero-order chi connectivity index (χ0) is 15.2. The highest BCUT2D eigenvalue weighted by Gasteiger charge is 2.07. The molecule has 22 heavy (non-hydrogen) atoms. The van der Waals surface area contributed by atoms with Crippen LogP contribution in [-0.4, -0.2) is 5.90 Å². The number of hydrogen-bond acceptors (Lipinski definition) is 2. The lowest BCUT2D eigenvalue weighted by atomic mass is 10.2. The Morgan fingerprint density at radius 2 is 1.32 bits per heavy atom. The van der Waals surface area contributed by atoms with Crippen molar-refractivity contribution in [1.82, 2.24) is 0 Å². The van der Waals surface area contributed by atoms with Gasteiger partial charge in [-0.3, -0.25) is 0 Å². The van der Waals surface area contributed by atoms with Crippen LogP contribution in [0.2, 0.25) is 0 Å². The number of halogens is 1. The molecular weight excluding hydrogens is 277 g/mol. The Morgan fingerprint density at radius 3 is 1.95 bits per heavy atom. The zero-order valence-corrected chi connectivity index (χ0v) is 11.8. The van der Waals surface area contributed by atoms with Crippen molar-refractivity contribution in [3.63, 3.8) is 0 Å². The summed E-state index contributed by atoms with van der Waals surface area (Å²) in [6.45, 7) is 0. The zero-order valence-electron chi connectivity index (χ0n) is 11.8. The molecule has 0 aliphatic rings. The fourth-order valence-corrected chi connectivity index (χ4v) is 1.96. The van der Waals surface area contributed by atoms with E-state index in [0.717, 1.165) is 11.3 Å². The molecule has 3 aromatic carbocycles. The second-order valence-corrected chi connectivity index (χ2v) is 4.67. The van der Waals surface area contributed by atoms with Gasteiger partial charge in [-0.25, -0.2) is 9.38 Å². The van der Waals surface area contributed by atoms with Crippen LogP contribution in [0.1, 0.15) is 5.56 Å². The van der Waals surface area contributed by atoms with E-state index in [-0.39, 0.29) is 5.82 Å². The summed E-state index contributed by atoms with van der Waals surface area (Å²) in [5.41, 5.74) is 1.65. The van der Waals surface area contributed by atoms with Gasteiger partial charge in [0.2, 0.25) is 5.90 Å². The van der Waals surface area contributed by atoms with Crippen LogP contribution in [0.4, 0.5) is 10.1 Å². The third kappa shape index (κ3) is 3.58. The smallest absolute Gasteiger partial charge is 0.227 e. The van der Waals surface area contributed by atoms with Gasteiger partial charge in [-0.1, -0.05) is 36.4 Å². The Kier molecular flexibility index (Phi) is 4.25. The van der Waals surface area contributed by atoms with E-state index in [2.05, 4.69) is 4.99 Å². The number of rotatable bonds is 3. The SMILES string of the molecule is Fc1ccc(OC(=Nc2ccccc2)c2ccccc2)cc1. The summed E-state index contributed by atoms with van der Waals surface area (Å²) in [5.74, 6) is 0.715. The first-order valence-corrected chi connectivity index (χ1v) is 6.94. The summed E-state index contributed by atoms with van der Waals surface area (Å²) >= 11 is 0. The standard InChI is InChI=1S/C19H14FNO/c20-16-11-13-18(14-12-16)22-19(15-7-3-1-4-8-15)21-17-9-5-2-6-10-17/h1-14H. The maximum atomic E-state index is 13.0. The Morgan fingerprint density at radius 1 is 0.727 bits per heavy atom. The van der Waals surface area contributed by atoms with E-state index in [0.29, 0.717) is 11.6 Å². The average Bonchev–Trinajstić information content (AvgIpc) is 2.58. The summed E-state index contributed by atoms with van der Waals surface area (Å²) in [4.78, 5) is 4.55. The van der Waals surface area contributed by atoms with Gasteiger partial charge in [0.25, 0.3) is 0 Å². The Bertz CT molecular complexity index is 752. The predicted molar refractivity (Wildman–Crippen MR) is 86.1 cm³/mol. The van der Waals surface area contributed by atoms with Crippen molar-refractivity contribution in [2.24, 2.45) is 4.99 Å². The molecule has 0 aliphatic carbocycles. The monoisotopic (exact) mass is 291 g/mol. The van der Waals surface area contributed by atoms with Crippen LogP contribution in [0, 0.1) is 5.82 Å². The summed E-state index contributed by atoms with van der Waals surface area (Å²) in [7, 11) is 0. The normalized spacial score (nSPS) is 11.2. The van der Waals surface area contributed by atoms with Crippen molar-refractivity contribution in [2.45, 2.75) is 0 Å². The molecule has 0 saturated heterocycles. The van der Waals surface area contributed by atoms with Gasteiger partial charge in [0.1, 0.15) is 11.6 Å². The van der Waals surface area contributed by atoms with E-state index in [9.17, 15) is 4.39 Å². The molecule has 2 nitrogen and oxygen atoms in total. The molecule has 0 radical (unpaired) electrons. The van der Waals surface area contributed by atoms with Crippen LogP contribution in [-0.2, 0) is 0 Å². The van der Waals surface area contributed by atoms with Crippen LogP contribution in [0.15, 0.2) is 89.9 Å². The summed E-state index contributed by atoms with van der Waals surface area (Å²) in [5, 5.41) is 0. The van der Waals surface area contributed by atoms with Crippen LogP contribution in [0.3, 0.4) is 0 Å². The summed E-state index contributed by atoms with van der Waals surface area (Å²) in [6.07, 6.45) is 0. The minimum atomic E-state index is -0.298. The third-order valence-corrected chi connectivity index (χ3v) is 3.04. The Balaban J connectivity index is 1.96. The number of ether oxygens (including phenoxy) is 1. The average molecular weight is 291 g/mol. The van der Waals surface area contributed by atoms with Gasteiger partial charge in [-0.15, -0.1) is 0 Å². The van der Waals surface area contributed by atoms with Gasteiger partial charge in [0, 0.05) is 5.56 Å². The topological polar surface area (TPSA) is 21.6 Å². The molecule has 3 aromatic rings. The highest BCUT2D eigenvalue weighted by molar-refractivity contribution is 5.97. The van der Waals surface area contributed by atoms with Gasteiger partial charge < -0.3 is 4.74 Å². The molecule has 3 heteroatoms.